The van der Waals surface area contributed by atoms with Crippen molar-refractivity contribution >= 4 is 29.5 Å². The summed E-state index contributed by atoms with van der Waals surface area (Å²) >= 11 is 5.85. The van der Waals surface area contributed by atoms with Crippen LogP contribution in [0.3, 0.4) is 0 Å². The molecule has 0 unspecified atom stereocenters. The van der Waals surface area contributed by atoms with E-state index in [9.17, 15) is 14.4 Å². The number of nitrogens with one attached hydrogen (secondary N) is 1. The van der Waals surface area contributed by atoms with Crippen LogP contribution in [-0.4, -0.2) is 65.5 Å². The third-order valence-electron chi connectivity index (χ3n) is 5.63. The number of nitrogens with zero attached hydrogens (tertiary/aromatic N) is 2. The lowest BCUT2D eigenvalue weighted by atomic mass is 10.0. The van der Waals surface area contributed by atoms with Crippen molar-refractivity contribution in [2.75, 3.05) is 19.6 Å². The Kier molecular flexibility index (Phi) is 6.62. The first kappa shape index (κ1) is 22.1. The van der Waals surface area contributed by atoms with E-state index in [0.29, 0.717) is 17.4 Å². The van der Waals surface area contributed by atoms with Crippen LogP contribution in [0.4, 0.5) is 4.79 Å². The van der Waals surface area contributed by atoms with E-state index >= 15 is 0 Å². The zero-order valence-corrected chi connectivity index (χ0v) is 18.3. The van der Waals surface area contributed by atoms with E-state index < -0.39 is 24.3 Å². The van der Waals surface area contributed by atoms with Gasteiger partial charge in [-0.15, -0.1) is 0 Å². The van der Waals surface area contributed by atoms with Gasteiger partial charge in [0, 0.05) is 18.1 Å². The second-order valence-corrected chi connectivity index (χ2v) is 8.24. The Morgan fingerprint density at radius 1 is 1.12 bits per heavy atom. The summed E-state index contributed by atoms with van der Waals surface area (Å²) in [5.74, 6) is -0.162. The molecule has 1 N–H and O–H groups in total. The van der Waals surface area contributed by atoms with E-state index in [1.54, 1.807) is 31.2 Å². The van der Waals surface area contributed by atoms with Gasteiger partial charge in [0.15, 0.2) is 0 Å². The highest BCUT2D eigenvalue weighted by molar-refractivity contribution is 6.30. The third kappa shape index (κ3) is 4.87. The molecule has 2 aromatic carbocycles. The van der Waals surface area contributed by atoms with Crippen molar-refractivity contribution in [2.45, 2.75) is 31.7 Å². The molecule has 2 heterocycles. The zero-order valence-electron chi connectivity index (χ0n) is 17.6. The predicted molar refractivity (Wildman–Crippen MR) is 117 cm³/mol. The van der Waals surface area contributed by atoms with Crippen molar-refractivity contribution in [1.82, 2.24) is 15.1 Å². The van der Waals surface area contributed by atoms with Gasteiger partial charge in [-0.2, -0.15) is 0 Å². The zero-order chi connectivity index (χ0) is 22.7. The number of carbonyl (C=O) groups excluding carboxylic acids is 3. The van der Waals surface area contributed by atoms with Gasteiger partial charge in [0.1, 0.15) is 17.8 Å². The molecular formula is C23H24ClN3O5. The Labute approximate surface area is 191 Å². The minimum atomic E-state index is -0.768. The molecule has 2 fully saturated rings. The Balaban J connectivity index is 1.35. The molecule has 168 valence electrons. The molecule has 0 aliphatic carbocycles. The predicted octanol–water partition coefficient (Wildman–Crippen LogP) is 2.46. The Morgan fingerprint density at radius 3 is 2.56 bits per heavy atom. The largest absolute Gasteiger partial charge is 0.415 e. The molecule has 8 nitrogen and oxygen atoms in total. The van der Waals surface area contributed by atoms with Crippen LogP contribution in [0.5, 0.6) is 5.75 Å². The van der Waals surface area contributed by atoms with Crippen LogP contribution >= 0.6 is 11.6 Å². The molecule has 3 atom stereocenters. The first-order valence-electron chi connectivity index (χ1n) is 10.4. The lowest BCUT2D eigenvalue weighted by Crippen LogP contribution is -2.71. The average Bonchev–Trinajstić information content (AvgIpc) is 2.81. The summed E-state index contributed by atoms with van der Waals surface area (Å²) in [6.45, 7) is 2.69. The number of hydrogen-bond donors (Lipinski definition) is 1. The normalized spacial score (nSPS) is 21.6. The fourth-order valence-electron chi connectivity index (χ4n) is 3.81. The topological polar surface area (TPSA) is 88.2 Å². The van der Waals surface area contributed by atoms with Crippen LogP contribution in [0.15, 0.2) is 54.6 Å². The summed E-state index contributed by atoms with van der Waals surface area (Å²) in [7, 11) is 0. The molecule has 2 saturated heterocycles. The fourth-order valence-corrected chi connectivity index (χ4v) is 3.94. The summed E-state index contributed by atoms with van der Waals surface area (Å²) in [6, 6.07) is 14.5. The van der Waals surface area contributed by atoms with Crippen LogP contribution in [-0.2, 0) is 20.9 Å². The van der Waals surface area contributed by atoms with Crippen LogP contribution in [0, 0.1) is 0 Å². The van der Waals surface area contributed by atoms with Crippen molar-refractivity contribution in [1.29, 1.82) is 0 Å². The standard InChI is InChI=1S/C23H24ClN3O5/c1-15(31-14-16-5-3-2-4-6-16)20-22(29)27-12-11-26(13-19(27)21(28)25-20)23(30)32-18-9-7-17(24)8-10-18/h2-10,15,19-20H,11-14H2,1H3,(H,25,28)/t15-,19-,20+/m1/s1. The van der Waals surface area contributed by atoms with E-state index in [-0.39, 0.29) is 31.4 Å². The number of rotatable bonds is 5. The second-order valence-electron chi connectivity index (χ2n) is 7.80. The fraction of sp³-hybridized carbons (Fsp3) is 0.348. The maximum Gasteiger partial charge on any atom is 0.415 e. The van der Waals surface area contributed by atoms with Gasteiger partial charge in [0.05, 0.1) is 19.3 Å². The molecule has 9 heteroatoms. The van der Waals surface area contributed by atoms with Crippen LogP contribution in [0.1, 0.15) is 12.5 Å². The van der Waals surface area contributed by atoms with Crippen LogP contribution < -0.4 is 10.1 Å². The molecule has 3 amide bonds. The third-order valence-corrected chi connectivity index (χ3v) is 5.88. The van der Waals surface area contributed by atoms with E-state index in [1.807, 2.05) is 30.3 Å². The number of benzene rings is 2. The highest BCUT2D eigenvalue weighted by atomic mass is 35.5. The van der Waals surface area contributed by atoms with Crippen molar-refractivity contribution in [3.8, 4) is 5.75 Å². The minimum Gasteiger partial charge on any atom is -0.410 e. The highest BCUT2D eigenvalue weighted by Gasteiger charge is 2.46. The van der Waals surface area contributed by atoms with Gasteiger partial charge in [-0.05, 0) is 36.8 Å². The van der Waals surface area contributed by atoms with Gasteiger partial charge in [-0.1, -0.05) is 41.9 Å². The molecule has 0 radical (unpaired) electrons. The average molecular weight is 458 g/mol. The molecular weight excluding hydrogens is 434 g/mol. The molecule has 2 aliphatic rings. The Morgan fingerprint density at radius 2 is 1.84 bits per heavy atom. The van der Waals surface area contributed by atoms with Crippen molar-refractivity contribution in [2.24, 2.45) is 0 Å². The molecule has 0 saturated carbocycles. The summed E-state index contributed by atoms with van der Waals surface area (Å²) in [4.78, 5) is 41.3. The van der Waals surface area contributed by atoms with Gasteiger partial charge < -0.3 is 24.6 Å². The van der Waals surface area contributed by atoms with E-state index in [2.05, 4.69) is 5.32 Å². The molecule has 2 aromatic rings. The first-order chi connectivity index (χ1) is 15.4. The summed E-state index contributed by atoms with van der Waals surface area (Å²) < 4.78 is 11.2. The summed E-state index contributed by atoms with van der Waals surface area (Å²) in [5.41, 5.74) is 0.986. The Bertz CT molecular complexity index is 985. The van der Waals surface area contributed by atoms with Crippen LogP contribution in [0.2, 0.25) is 5.02 Å². The van der Waals surface area contributed by atoms with Gasteiger partial charge in [0.2, 0.25) is 11.8 Å². The monoisotopic (exact) mass is 457 g/mol. The number of hydrogen-bond acceptors (Lipinski definition) is 5. The minimum absolute atomic E-state index is 0.0654. The number of fused-ring (bicyclic) bond motifs is 1. The Hall–Kier alpha value is -3.10. The van der Waals surface area contributed by atoms with Crippen LogP contribution in [0.25, 0.3) is 0 Å². The molecule has 4 rings (SSSR count). The molecule has 2 aliphatic heterocycles. The van der Waals surface area contributed by atoms with E-state index in [0.717, 1.165) is 5.56 Å². The van der Waals surface area contributed by atoms with E-state index in [1.165, 1.54) is 9.80 Å². The van der Waals surface area contributed by atoms with Crippen molar-refractivity contribution in [3.05, 3.63) is 65.2 Å². The highest BCUT2D eigenvalue weighted by Crippen LogP contribution is 2.21. The molecule has 0 spiro atoms. The number of piperazine rings is 2. The van der Waals surface area contributed by atoms with Gasteiger partial charge >= 0.3 is 6.09 Å². The van der Waals surface area contributed by atoms with Gasteiger partial charge in [-0.25, -0.2) is 4.79 Å². The maximum absolute atomic E-state index is 13.0. The number of halogens is 1. The number of carbonyl (C=O) groups is 3. The SMILES string of the molecule is C[C@@H](OCc1ccccc1)[C@@H]1NC(=O)[C@H]2CN(C(=O)Oc3ccc(Cl)cc3)CCN2C1=O. The van der Waals surface area contributed by atoms with E-state index in [4.69, 9.17) is 21.1 Å². The molecule has 0 bridgehead atoms. The van der Waals surface area contributed by atoms with Crippen molar-refractivity contribution in [3.63, 3.8) is 0 Å². The molecule has 32 heavy (non-hydrogen) atoms. The van der Waals surface area contributed by atoms with Gasteiger partial charge in [-0.3, -0.25) is 9.59 Å². The number of amides is 3. The summed E-state index contributed by atoms with van der Waals surface area (Å²) in [6.07, 6.45) is -1.07. The van der Waals surface area contributed by atoms with Crippen molar-refractivity contribution < 1.29 is 23.9 Å². The quantitative estimate of drug-likeness (QED) is 0.745. The second kappa shape index (κ2) is 9.58. The lowest BCUT2D eigenvalue weighted by molar-refractivity contribution is -0.156. The summed E-state index contributed by atoms with van der Waals surface area (Å²) in [5, 5.41) is 3.30. The van der Waals surface area contributed by atoms with Gasteiger partial charge in [0.25, 0.3) is 0 Å². The maximum atomic E-state index is 13.0. The smallest absolute Gasteiger partial charge is 0.410 e. The number of ether oxygens (including phenoxy) is 2. The lowest BCUT2D eigenvalue weighted by Gasteiger charge is -2.45. The first-order valence-corrected chi connectivity index (χ1v) is 10.8. The molecule has 0 aromatic heterocycles.